The van der Waals surface area contributed by atoms with Gasteiger partial charge in [0.25, 0.3) is 5.56 Å². The maximum absolute atomic E-state index is 12.2. The van der Waals surface area contributed by atoms with Crippen molar-refractivity contribution in [2.24, 2.45) is 4.99 Å². The van der Waals surface area contributed by atoms with Crippen LogP contribution in [0.2, 0.25) is 0 Å². The van der Waals surface area contributed by atoms with Crippen molar-refractivity contribution >= 4 is 17.1 Å². The van der Waals surface area contributed by atoms with E-state index in [9.17, 15) is 14.7 Å². The number of hydrogen-bond acceptors (Lipinski definition) is 5. The summed E-state index contributed by atoms with van der Waals surface area (Å²) in [5.74, 6) is -0.405. The zero-order valence-electron chi connectivity index (χ0n) is 14.6. The van der Waals surface area contributed by atoms with E-state index >= 15 is 0 Å². The number of nitrogens with zero attached hydrogens (tertiary/aromatic N) is 3. The van der Waals surface area contributed by atoms with Gasteiger partial charge in [-0.15, -0.1) is 6.58 Å². The molecule has 0 radical (unpaired) electrons. The van der Waals surface area contributed by atoms with Gasteiger partial charge >= 0.3 is 5.69 Å². The van der Waals surface area contributed by atoms with Crippen molar-refractivity contribution in [2.45, 2.75) is 19.9 Å². The van der Waals surface area contributed by atoms with Crippen LogP contribution >= 0.6 is 0 Å². The summed E-state index contributed by atoms with van der Waals surface area (Å²) in [5.41, 5.74) is 0.671. The van der Waals surface area contributed by atoms with Gasteiger partial charge in [0.05, 0.1) is 11.4 Å². The Morgan fingerprint density at radius 1 is 1.40 bits per heavy atom. The molecule has 0 amide bonds. The first kappa shape index (κ1) is 18.3. The molecule has 0 aliphatic carbocycles. The van der Waals surface area contributed by atoms with Crippen molar-refractivity contribution in [2.75, 3.05) is 19.0 Å². The van der Waals surface area contributed by atoms with Crippen LogP contribution in [0.1, 0.15) is 18.9 Å². The van der Waals surface area contributed by atoms with Gasteiger partial charge in [-0.05, 0) is 24.6 Å². The maximum atomic E-state index is 12.2. The van der Waals surface area contributed by atoms with E-state index in [0.717, 1.165) is 10.3 Å². The molecule has 2 aromatic rings. The van der Waals surface area contributed by atoms with E-state index in [0.29, 0.717) is 17.8 Å². The number of H-pyrrole nitrogens is 1. The number of aromatic amines is 1. The number of rotatable bonds is 6. The molecule has 0 bridgehead atoms. The third-order valence-electron chi connectivity index (χ3n) is 3.72. The smallest absolute Gasteiger partial charge is 0.331 e. The van der Waals surface area contributed by atoms with Crippen molar-refractivity contribution in [3.05, 3.63) is 63.3 Å². The number of allylic oxidation sites excluding steroid dienone is 1. The number of benzene rings is 1. The average molecular weight is 342 g/mol. The van der Waals surface area contributed by atoms with Crippen LogP contribution in [-0.2, 0) is 6.54 Å². The van der Waals surface area contributed by atoms with Crippen LogP contribution in [-0.4, -0.2) is 34.5 Å². The van der Waals surface area contributed by atoms with Crippen LogP contribution in [0, 0.1) is 0 Å². The minimum atomic E-state index is -0.684. The first-order chi connectivity index (χ1) is 11.9. The SMILES string of the molecule is C=CCn1c(O)c(C(CC)=Nc2cccc(N(C)C)c2)c(=O)[nH]c1=O. The number of anilines is 1. The highest BCUT2D eigenvalue weighted by molar-refractivity contribution is 6.03. The molecule has 0 saturated heterocycles. The molecule has 0 aliphatic heterocycles. The molecule has 7 heteroatoms. The second kappa shape index (κ2) is 7.65. The van der Waals surface area contributed by atoms with E-state index in [1.54, 1.807) is 0 Å². The average Bonchev–Trinajstić information content (AvgIpc) is 2.57. The molecule has 2 N–H and O–H groups in total. The quantitative estimate of drug-likeness (QED) is 0.621. The first-order valence-electron chi connectivity index (χ1n) is 7.91. The summed E-state index contributed by atoms with van der Waals surface area (Å²) in [7, 11) is 3.84. The van der Waals surface area contributed by atoms with E-state index in [2.05, 4.69) is 16.6 Å². The number of aliphatic imine (C=N–C) groups is 1. The predicted octanol–water partition coefficient (Wildman–Crippen LogP) is 2.02. The predicted molar refractivity (Wildman–Crippen MR) is 100 cm³/mol. The van der Waals surface area contributed by atoms with Crippen LogP contribution in [0.4, 0.5) is 11.4 Å². The molecule has 0 atom stereocenters. The standard InChI is InChI=1S/C18H22N4O3/c1-5-10-22-17(24)15(16(23)20-18(22)25)14(6-2)19-12-8-7-9-13(11-12)21(3)4/h5,7-9,11,24H,1,6,10H2,2-4H3,(H,20,23,25). The normalized spacial score (nSPS) is 11.4. The van der Waals surface area contributed by atoms with Crippen LogP contribution in [0.15, 0.2) is 51.5 Å². The van der Waals surface area contributed by atoms with Crippen molar-refractivity contribution in [3.8, 4) is 5.88 Å². The molecule has 0 aliphatic rings. The Labute approximate surface area is 145 Å². The number of aromatic nitrogens is 2. The Morgan fingerprint density at radius 3 is 2.72 bits per heavy atom. The minimum absolute atomic E-state index is 0.000735. The summed E-state index contributed by atoms with van der Waals surface area (Å²) in [6.07, 6.45) is 1.88. The summed E-state index contributed by atoms with van der Waals surface area (Å²) in [6, 6.07) is 7.50. The third-order valence-corrected chi connectivity index (χ3v) is 3.72. The lowest BCUT2D eigenvalue weighted by molar-refractivity contribution is 0.409. The lowest BCUT2D eigenvalue weighted by Gasteiger charge is -2.13. The zero-order valence-corrected chi connectivity index (χ0v) is 14.6. The van der Waals surface area contributed by atoms with Gasteiger partial charge in [0.2, 0.25) is 5.88 Å². The molecule has 0 spiro atoms. The van der Waals surface area contributed by atoms with E-state index in [4.69, 9.17) is 0 Å². The molecule has 1 heterocycles. The molecular formula is C18H22N4O3. The van der Waals surface area contributed by atoms with Crippen molar-refractivity contribution in [1.82, 2.24) is 9.55 Å². The molecule has 0 unspecified atom stereocenters. The fraction of sp³-hybridized carbons (Fsp3) is 0.278. The molecule has 7 nitrogen and oxygen atoms in total. The number of nitrogens with one attached hydrogen (secondary N) is 1. The molecule has 1 aromatic heterocycles. The largest absolute Gasteiger partial charge is 0.494 e. The highest BCUT2D eigenvalue weighted by Crippen LogP contribution is 2.22. The highest BCUT2D eigenvalue weighted by Gasteiger charge is 2.18. The fourth-order valence-corrected chi connectivity index (χ4v) is 2.43. The van der Waals surface area contributed by atoms with Crippen LogP contribution < -0.4 is 16.1 Å². The third kappa shape index (κ3) is 3.88. The van der Waals surface area contributed by atoms with Gasteiger partial charge < -0.3 is 10.0 Å². The topological polar surface area (TPSA) is 90.7 Å². The molecule has 1 aromatic carbocycles. The minimum Gasteiger partial charge on any atom is -0.494 e. The molecular weight excluding hydrogens is 320 g/mol. The zero-order chi connectivity index (χ0) is 18.6. The Morgan fingerprint density at radius 2 is 2.12 bits per heavy atom. The Kier molecular flexibility index (Phi) is 5.59. The van der Waals surface area contributed by atoms with E-state index < -0.39 is 17.1 Å². The first-order valence-corrected chi connectivity index (χ1v) is 7.91. The molecule has 25 heavy (non-hydrogen) atoms. The second-order valence-corrected chi connectivity index (χ2v) is 5.68. The summed E-state index contributed by atoms with van der Waals surface area (Å²) in [6.45, 7) is 5.47. The van der Waals surface area contributed by atoms with Crippen molar-refractivity contribution in [3.63, 3.8) is 0 Å². The van der Waals surface area contributed by atoms with Crippen LogP contribution in [0.25, 0.3) is 0 Å². The van der Waals surface area contributed by atoms with Gasteiger partial charge in [0.1, 0.15) is 5.56 Å². The van der Waals surface area contributed by atoms with Gasteiger partial charge in [-0.1, -0.05) is 19.1 Å². The Hall–Kier alpha value is -3.09. The lowest BCUT2D eigenvalue weighted by atomic mass is 10.1. The van der Waals surface area contributed by atoms with Crippen molar-refractivity contribution < 1.29 is 5.11 Å². The van der Waals surface area contributed by atoms with E-state index in [1.165, 1.54) is 6.08 Å². The summed E-state index contributed by atoms with van der Waals surface area (Å²) >= 11 is 0. The molecule has 2 rings (SSSR count). The van der Waals surface area contributed by atoms with Gasteiger partial charge in [-0.25, -0.2) is 4.79 Å². The number of hydrogen-bond donors (Lipinski definition) is 2. The van der Waals surface area contributed by atoms with Gasteiger partial charge in [-0.2, -0.15) is 0 Å². The molecule has 0 fully saturated rings. The van der Waals surface area contributed by atoms with Gasteiger partial charge in [-0.3, -0.25) is 19.3 Å². The van der Waals surface area contributed by atoms with Crippen LogP contribution in [0.3, 0.4) is 0 Å². The highest BCUT2D eigenvalue weighted by atomic mass is 16.3. The second-order valence-electron chi connectivity index (χ2n) is 5.68. The molecule has 132 valence electrons. The van der Waals surface area contributed by atoms with Crippen molar-refractivity contribution in [1.29, 1.82) is 0 Å². The van der Waals surface area contributed by atoms with Gasteiger partial charge in [0.15, 0.2) is 0 Å². The number of aromatic hydroxyl groups is 1. The molecule has 0 saturated carbocycles. The fourth-order valence-electron chi connectivity index (χ4n) is 2.43. The monoisotopic (exact) mass is 342 g/mol. The van der Waals surface area contributed by atoms with E-state index in [1.807, 2.05) is 50.2 Å². The summed E-state index contributed by atoms with van der Waals surface area (Å²) in [4.78, 5) is 32.8. The van der Waals surface area contributed by atoms with E-state index in [-0.39, 0.29) is 12.1 Å². The maximum Gasteiger partial charge on any atom is 0.331 e. The summed E-state index contributed by atoms with van der Waals surface area (Å²) in [5, 5.41) is 10.4. The summed E-state index contributed by atoms with van der Waals surface area (Å²) < 4.78 is 1.05. The Bertz CT molecular complexity index is 923. The van der Waals surface area contributed by atoms with Gasteiger partial charge in [0, 0.05) is 26.3 Å². The van der Waals surface area contributed by atoms with Crippen LogP contribution in [0.5, 0.6) is 5.88 Å². The lowest BCUT2D eigenvalue weighted by Crippen LogP contribution is -2.33. The Balaban J connectivity index is 2.64.